The summed E-state index contributed by atoms with van der Waals surface area (Å²) in [5, 5.41) is 6.53. The van der Waals surface area contributed by atoms with Crippen molar-refractivity contribution >= 4 is 21.6 Å². The molecule has 0 aliphatic heterocycles. The number of nitrogens with zero attached hydrogens (tertiary/aromatic N) is 2. The summed E-state index contributed by atoms with van der Waals surface area (Å²) in [5.41, 5.74) is 6.22. The molecule has 1 unspecified atom stereocenters. The van der Waals surface area contributed by atoms with Gasteiger partial charge in [0.2, 0.25) is 21.8 Å². The van der Waals surface area contributed by atoms with Crippen LogP contribution in [0.15, 0.2) is 33.7 Å². The Morgan fingerprint density at radius 2 is 1.89 bits per heavy atom. The highest BCUT2D eigenvalue weighted by Gasteiger charge is 2.36. The molecule has 4 N–H and O–H groups in total. The monoisotopic (exact) mass is 393 g/mol. The lowest BCUT2D eigenvalue weighted by molar-refractivity contribution is -0.114. The second-order valence-corrected chi connectivity index (χ2v) is 8.58. The van der Waals surface area contributed by atoms with Crippen molar-refractivity contribution in [3.05, 3.63) is 36.0 Å². The fourth-order valence-corrected chi connectivity index (χ4v) is 4.31. The van der Waals surface area contributed by atoms with Crippen LogP contribution in [0.2, 0.25) is 0 Å². The molecule has 2 aromatic rings. The van der Waals surface area contributed by atoms with Gasteiger partial charge in [0.1, 0.15) is 0 Å². The van der Waals surface area contributed by atoms with E-state index in [0.717, 1.165) is 25.7 Å². The average Bonchev–Trinajstić information content (AvgIpc) is 3.24. The Morgan fingerprint density at radius 3 is 2.48 bits per heavy atom. The van der Waals surface area contributed by atoms with E-state index < -0.39 is 21.6 Å². The second-order valence-electron chi connectivity index (χ2n) is 6.87. The lowest BCUT2D eigenvalue weighted by Gasteiger charge is -2.17. The van der Waals surface area contributed by atoms with E-state index in [2.05, 4.69) is 20.2 Å². The smallest absolute Gasteiger partial charge is 0.244 e. The zero-order valence-electron chi connectivity index (χ0n) is 15.2. The number of hydrogen-bond donors (Lipinski definition) is 3. The molecule has 1 aromatic heterocycles. The van der Waals surface area contributed by atoms with Gasteiger partial charge in [-0.25, -0.2) is 8.42 Å². The number of aromatic nitrogens is 2. The standard InChI is InChI=1S/C17H23N5O4S/c1-11(15-20-16(21-26-15)17(18)9-3-4-10-17)22-27(24,25)14-7-5-13(6-8-14)19-12(2)23/h5-8,11,22H,3-4,9-10,18H2,1-2H3,(H,19,23). The van der Waals surface area contributed by atoms with Gasteiger partial charge in [-0.15, -0.1) is 0 Å². The van der Waals surface area contributed by atoms with Crippen molar-refractivity contribution < 1.29 is 17.7 Å². The van der Waals surface area contributed by atoms with Crippen molar-refractivity contribution in [1.82, 2.24) is 14.9 Å². The Morgan fingerprint density at radius 1 is 1.26 bits per heavy atom. The third-order valence-electron chi connectivity index (χ3n) is 4.57. The minimum atomic E-state index is -3.80. The summed E-state index contributed by atoms with van der Waals surface area (Å²) in [6.07, 6.45) is 3.59. The van der Waals surface area contributed by atoms with Crippen molar-refractivity contribution in [2.24, 2.45) is 5.73 Å². The molecule has 9 nitrogen and oxygen atoms in total. The Labute approximate surface area is 157 Å². The summed E-state index contributed by atoms with van der Waals surface area (Å²) in [5.74, 6) is 0.352. The molecule has 1 atom stereocenters. The van der Waals surface area contributed by atoms with Gasteiger partial charge in [-0.2, -0.15) is 9.71 Å². The Kier molecular flexibility index (Phi) is 5.31. The van der Waals surface area contributed by atoms with Gasteiger partial charge in [0.15, 0.2) is 5.82 Å². The number of rotatable bonds is 6. The van der Waals surface area contributed by atoms with E-state index in [4.69, 9.17) is 10.3 Å². The maximum absolute atomic E-state index is 12.6. The van der Waals surface area contributed by atoms with Gasteiger partial charge in [0.25, 0.3) is 0 Å². The predicted molar refractivity (Wildman–Crippen MR) is 98.1 cm³/mol. The van der Waals surface area contributed by atoms with Crippen LogP contribution >= 0.6 is 0 Å². The SMILES string of the molecule is CC(=O)Nc1ccc(S(=O)(=O)NC(C)c2nc(C3(N)CCCC3)no2)cc1. The molecule has 1 aliphatic rings. The van der Waals surface area contributed by atoms with Crippen molar-refractivity contribution in [1.29, 1.82) is 0 Å². The molecule has 10 heteroatoms. The van der Waals surface area contributed by atoms with Crippen LogP contribution in [0.5, 0.6) is 0 Å². The molecule has 1 aromatic carbocycles. The van der Waals surface area contributed by atoms with Crippen LogP contribution in [0.4, 0.5) is 5.69 Å². The van der Waals surface area contributed by atoms with Crippen LogP contribution in [0, 0.1) is 0 Å². The first-order chi connectivity index (χ1) is 12.7. The van der Waals surface area contributed by atoms with Crippen molar-refractivity contribution in [3.8, 4) is 0 Å². The number of benzene rings is 1. The summed E-state index contributed by atoms with van der Waals surface area (Å²) < 4.78 is 32.9. The lowest BCUT2D eigenvalue weighted by atomic mass is 9.99. The zero-order valence-corrected chi connectivity index (χ0v) is 16.0. The highest BCUT2D eigenvalue weighted by Crippen LogP contribution is 2.35. The predicted octanol–water partition coefficient (Wildman–Crippen LogP) is 1.80. The molecule has 0 radical (unpaired) electrons. The van der Waals surface area contributed by atoms with Gasteiger partial charge < -0.3 is 15.6 Å². The molecular weight excluding hydrogens is 370 g/mol. The average molecular weight is 393 g/mol. The quantitative estimate of drug-likeness (QED) is 0.679. The normalized spacial score (nSPS) is 17.6. The molecule has 146 valence electrons. The maximum Gasteiger partial charge on any atom is 0.244 e. The first kappa shape index (κ1) is 19.5. The van der Waals surface area contributed by atoms with Gasteiger partial charge in [-0.3, -0.25) is 4.79 Å². The molecule has 0 bridgehead atoms. The summed E-state index contributed by atoms with van der Waals surface area (Å²) in [6, 6.07) is 5.14. The molecule has 3 rings (SSSR count). The van der Waals surface area contributed by atoms with E-state index in [1.165, 1.54) is 31.2 Å². The summed E-state index contributed by atoms with van der Waals surface area (Å²) in [6.45, 7) is 3.00. The van der Waals surface area contributed by atoms with Crippen LogP contribution < -0.4 is 15.8 Å². The van der Waals surface area contributed by atoms with E-state index in [1.807, 2.05) is 0 Å². The minimum Gasteiger partial charge on any atom is -0.338 e. The third-order valence-corrected chi connectivity index (χ3v) is 6.13. The number of nitrogens with two attached hydrogens (primary N) is 1. The van der Waals surface area contributed by atoms with Crippen molar-refractivity contribution in [2.45, 2.75) is 56.0 Å². The van der Waals surface area contributed by atoms with Gasteiger partial charge >= 0.3 is 0 Å². The molecule has 1 fully saturated rings. The Hall–Kier alpha value is -2.30. The Bertz CT molecular complexity index is 917. The highest BCUT2D eigenvalue weighted by atomic mass is 32.2. The van der Waals surface area contributed by atoms with Crippen LogP contribution in [0.1, 0.15) is 57.3 Å². The van der Waals surface area contributed by atoms with E-state index in [0.29, 0.717) is 11.5 Å². The fraction of sp³-hybridized carbons (Fsp3) is 0.471. The minimum absolute atomic E-state index is 0.0641. The van der Waals surface area contributed by atoms with Crippen LogP contribution in [-0.4, -0.2) is 24.5 Å². The molecule has 1 amide bonds. The van der Waals surface area contributed by atoms with Crippen LogP contribution in [0.3, 0.4) is 0 Å². The molecule has 0 saturated heterocycles. The summed E-state index contributed by atoms with van der Waals surface area (Å²) in [4.78, 5) is 15.4. The maximum atomic E-state index is 12.6. The Balaban J connectivity index is 1.72. The number of carbonyl (C=O) groups excluding carboxylic acids is 1. The van der Waals surface area contributed by atoms with Gasteiger partial charge in [0, 0.05) is 12.6 Å². The third kappa shape index (κ3) is 4.34. The summed E-state index contributed by atoms with van der Waals surface area (Å²) >= 11 is 0. The number of hydrogen-bond acceptors (Lipinski definition) is 7. The van der Waals surface area contributed by atoms with E-state index in [9.17, 15) is 13.2 Å². The molecule has 1 aliphatic carbocycles. The summed E-state index contributed by atoms with van der Waals surface area (Å²) in [7, 11) is -3.80. The molecular formula is C17H23N5O4S. The van der Waals surface area contributed by atoms with Gasteiger partial charge in [-0.05, 0) is 44.0 Å². The van der Waals surface area contributed by atoms with Crippen LogP contribution in [-0.2, 0) is 20.4 Å². The van der Waals surface area contributed by atoms with Gasteiger partial charge in [-0.1, -0.05) is 18.0 Å². The van der Waals surface area contributed by atoms with Crippen LogP contribution in [0.25, 0.3) is 0 Å². The topological polar surface area (TPSA) is 140 Å². The number of nitrogens with one attached hydrogen (secondary N) is 2. The number of carbonyl (C=O) groups is 1. The fourth-order valence-electron chi connectivity index (χ4n) is 3.11. The van der Waals surface area contributed by atoms with E-state index in [1.54, 1.807) is 6.92 Å². The molecule has 1 saturated carbocycles. The van der Waals surface area contributed by atoms with E-state index >= 15 is 0 Å². The van der Waals surface area contributed by atoms with Crippen molar-refractivity contribution in [3.63, 3.8) is 0 Å². The second kappa shape index (κ2) is 7.37. The highest BCUT2D eigenvalue weighted by molar-refractivity contribution is 7.89. The molecule has 1 heterocycles. The number of anilines is 1. The number of sulfonamides is 1. The zero-order chi connectivity index (χ0) is 19.7. The first-order valence-corrected chi connectivity index (χ1v) is 10.2. The molecule has 27 heavy (non-hydrogen) atoms. The van der Waals surface area contributed by atoms with Gasteiger partial charge in [0.05, 0.1) is 16.5 Å². The number of amides is 1. The lowest BCUT2D eigenvalue weighted by Crippen LogP contribution is -2.34. The molecule has 0 spiro atoms. The van der Waals surface area contributed by atoms with E-state index in [-0.39, 0.29) is 16.7 Å². The largest absolute Gasteiger partial charge is 0.338 e. The van der Waals surface area contributed by atoms with Crippen molar-refractivity contribution in [2.75, 3.05) is 5.32 Å². The first-order valence-electron chi connectivity index (χ1n) is 8.73.